The largest absolute Gasteiger partial charge is 0.497 e. The Morgan fingerprint density at radius 2 is 1.78 bits per heavy atom. The summed E-state index contributed by atoms with van der Waals surface area (Å²) >= 11 is 5.87. The molecule has 0 aliphatic rings. The topological polar surface area (TPSA) is 120 Å². The maximum atomic E-state index is 11.9. The number of nitrogens with one attached hydrogen (secondary N) is 2. The number of nitrogens with zero attached hydrogens (tertiary/aromatic N) is 1. The van der Waals surface area contributed by atoms with Gasteiger partial charge in [-0.2, -0.15) is 0 Å². The van der Waals surface area contributed by atoms with E-state index in [-0.39, 0.29) is 29.5 Å². The van der Waals surface area contributed by atoms with Gasteiger partial charge in [-0.15, -0.1) is 0 Å². The highest BCUT2D eigenvalue weighted by atomic mass is 35.5. The number of nitro groups is 1. The molecule has 0 fully saturated rings. The Bertz CT molecular complexity index is 841. The first-order valence-electron chi connectivity index (χ1n) is 7.70. The molecular weight excluding hydrogens is 378 g/mol. The van der Waals surface area contributed by atoms with Gasteiger partial charge in [-0.05, 0) is 30.3 Å². The van der Waals surface area contributed by atoms with E-state index in [4.69, 9.17) is 21.1 Å². The molecule has 2 aromatic rings. The van der Waals surface area contributed by atoms with Gasteiger partial charge in [-0.25, -0.2) is 0 Å². The number of carbonyl (C=O) groups excluding carboxylic acids is 2. The molecule has 0 aliphatic carbocycles. The van der Waals surface area contributed by atoms with Crippen LogP contribution in [0, 0.1) is 10.1 Å². The van der Waals surface area contributed by atoms with E-state index in [0.717, 1.165) is 6.07 Å². The predicted octanol–water partition coefficient (Wildman–Crippen LogP) is 2.39. The van der Waals surface area contributed by atoms with Crippen LogP contribution in [0.1, 0.15) is 0 Å². The van der Waals surface area contributed by atoms with E-state index in [1.807, 2.05) is 0 Å². The summed E-state index contributed by atoms with van der Waals surface area (Å²) in [5.41, 5.74) is -0.288. The molecule has 0 spiro atoms. The zero-order chi connectivity index (χ0) is 19.8. The Balaban J connectivity index is 1.81. The van der Waals surface area contributed by atoms with Gasteiger partial charge in [-0.3, -0.25) is 19.7 Å². The summed E-state index contributed by atoms with van der Waals surface area (Å²) in [5.74, 6) is -0.650. The summed E-state index contributed by atoms with van der Waals surface area (Å²) < 4.78 is 10.4. The van der Waals surface area contributed by atoms with Crippen molar-refractivity contribution in [1.82, 2.24) is 5.32 Å². The third-order valence-corrected chi connectivity index (χ3v) is 3.66. The standard InChI is InChI=1S/C17H16ClN3O6/c1-26-12-3-5-13(6-4-12)27-9-8-19-16(22)17(23)20-15-10-11(21(24)25)2-7-14(15)18/h2-7,10H,8-9H2,1H3,(H,19,22)(H,20,23). The molecule has 0 aromatic heterocycles. The van der Waals surface area contributed by atoms with Crippen LogP contribution in [0.3, 0.4) is 0 Å². The van der Waals surface area contributed by atoms with Crippen LogP contribution in [0.15, 0.2) is 42.5 Å². The van der Waals surface area contributed by atoms with Gasteiger partial charge in [0.25, 0.3) is 5.69 Å². The lowest BCUT2D eigenvalue weighted by atomic mass is 10.2. The van der Waals surface area contributed by atoms with E-state index >= 15 is 0 Å². The number of hydrogen-bond donors (Lipinski definition) is 2. The Morgan fingerprint density at radius 1 is 1.11 bits per heavy atom. The maximum Gasteiger partial charge on any atom is 0.313 e. The van der Waals surface area contributed by atoms with E-state index in [1.165, 1.54) is 12.1 Å². The number of nitro benzene ring substituents is 1. The van der Waals surface area contributed by atoms with Gasteiger partial charge in [0.1, 0.15) is 18.1 Å². The second-order valence-corrected chi connectivity index (χ2v) is 5.56. The highest BCUT2D eigenvalue weighted by Gasteiger charge is 2.17. The minimum atomic E-state index is -0.998. The van der Waals surface area contributed by atoms with Crippen molar-refractivity contribution in [1.29, 1.82) is 0 Å². The van der Waals surface area contributed by atoms with Gasteiger partial charge in [0, 0.05) is 12.1 Å². The summed E-state index contributed by atoms with van der Waals surface area (Å²) in [7, 11) is 1.55. The zero-order valence-electron chi connectivity index (χ0n) is 14.2. The lowest BCUT2D eigenvalue weighted by Crippen LogP contribution is -2.37. The molecule has 10 heteroatoms. The molecule has 0 atom stereocenters. The summed E-state index contributed by atoms with van der Waals surface area (Å²) in [6, 6.07) is 10.4. The van der Waals surface area contributed by atoms with Crippen molar-refractivity contribution in [2.75, 3.05) is 25.6 Å². The fourth-order valence-corrected chi connectivity index (χ4v) is 2.15. The average molecular weight is 394 g/mol. The maximum absolute atomic E-state index is 11.9. The van der Waals surface area contributed by atoms with E-state index in [1.54, 1.807) is 31.4 Å². The van der Waals surface area contributed by atoms with Gasteiger partial charge in [0.05, 0.1) is 29.3 Å². The quantitative estimate of drug-likeness (QED) is 0.322. The first-order chi connectivity index (χ1) is 12.9. The molecule has 27 heavy (non-hydrogen) atoms. The van der Waals surface area contributed by atoms with Crippen molar-refractivity contribution in [3.63, 3.8) is 0 Å². The summed E-state index contributed by atoms with van der Waals surface area (Å²) in [4.78, 5) is 33.8. The highest BCUT2D eigenvalue weighted by molar-refractivity contribution is 6.41. The lowest BCUT2D eigenvalue weighted by Gasteiger charge is -2.09. The van der Waals surface area contributed by atoms with E-state index in [2.05, 4.69) is 10.6 Å². The number of halogens is 1. The molecule has 2 N–H and O–H groups in total. The molecule has 0 radical (unpaired) electrons. The summed E-state index contributed by atoms with van der Waals surface area (Å²) in [6.07, 6.45) is 0. The molecule has 2 amide bonds. The fourth-order valence-electron chi connectivity index (χ4n) is 1.99. The van der Waals surface area contributed by atoms with Crippen molar-refractivity contribution in [3.05, 3.63) is 57.6 Å². The third kappa shape index (κ3) is 5.86. The molecule has 0 bridgehead atoms. The Kier molecular flexibility index (Phi) is 6.95. The van der Waals surface area contributed by atoms with Crippen LogP contribution in [-0.4, -0.2) is 37.0 Å². The number of ether oxygens (including phenoxy) is 2. The second-order valence-electron chi connectivity index (χ2n) is 5.16. The molecule has 142 valence electrons. The Hall–Kier alpha value is -3.33. The fraction of sp³-hybridized carbons (Fsp3) is 0.176. The van der Waals surface area contributed by atoms with Gasteiger partial charge in [0.15, 0.2) is 0 Å². The van der Waals surface area contributed by atoms with E-state index < -0.39 is 16.7 Å². The second kappa shape index (κ2) is 9.39. The number of methoxy groups -OCH3 is 1. The molecular formula is C17H16ClN3O6. The van der Waals surface area contributed by atoms with Gasteiger partial charge >= 0.3 is 11.8 Å². The van der Waals surface area contributed by atoms with Crippen LogP contribution >= 0.6 is 11.6 Å². The van der Waals surface area contributed by atoms with Gasteiger partial charge in [0.2, 0.25) is 0 Å². The summed E-state index contributed by atoms with van der Waals surface area (Å²) in [5, 5.41) is 15.4. The molecule has 2 aromatic carbocycles. The van der Waals surface area contributed by atoms with E-state index in [0.29, 0.717) is 11.5 Å². The van der Waals surface area contributed by atoms with Crippen LogP contribution in [0.4, 0.5) is 11.4 Å². The number of rotatable bonds is 7. The minimum absolute atomic E-state index is 0.0273. The van der Waals surface area contributed by atoms with Crippen LogP contribution in [0.5, 0.6) is 11.5 Å². The number of hydrogen-bond acceptors (Lipinski definition) is 6. The van der Waals surface area contributed by atoms with Crippen LogP contribution < -0.4 is 20.1 Å². The molecule has 0 unspecified atom stereocenters. The van der Waals surface area contributed by atoms with Gasteiger partial charge in [-0.1, -0.05) is 11.6 Å². The van der Waals surface area contributed by atoms with Gasteiger partial charge < -0.3 is 20.1 Å². The number of amides is 2. The Labute approximate surface area is 159 Å². The molecule has 0 heterocycles. The number of anilines is 1. The number of non-ortho nitro benzene ring substituents is 1. The van der Waals surface area contributed by atoms with E-state index in [9.17, 15) is 19.7 Å². The normalized spacial score (nSPS) is 10.0. The number of benzene rings is 2. The Morgan fingerprint density at radius 3 is 2.41 bits per heavy atom. The average Bonchev–Trinajstić information content (AvgIpc) is 2.67. The van der Waals surface area contributed by atoms with Crippen molar-refractivity contribution < 1.29 is 24.0 Å². The first kappa shape index (κ1) is 20.0. The highest BCUT2D eigenvalue weighted by Crippen LogP contribution is 2.26. The molecule has 0 aliphatic heterocycles. The van der Waals surface area contributed by atoms with Crippen LogP contribution in [0.2, 0.25) is 5.02 Å². The minimum Gasteiger partial charge on any atom is -0.497 e. The first-order valence-corrected chi connectivity index (χ1v) is 8.08. The number of carbonyl (C=O) groups is 2. The van der Waals surface area contributed by atoms with Crippen molar-refractivity contribution in [3.8, 4) is 11.5 Å². The monoisotopic (exact) mass is 393 g/mol. The zero-order valence-corrected chi connectivity index (χ0v) is 15.0. The van der Waals surface area contributed by atoms with Crippen LogP contribution in [0.25, 0.3) is 0 Å². The van der Waals surface area contributed by atoms with Crippen molar-refractivity contribution >= 4 is 34.8 Å². The SMILES string of the molecule is COc1ccc(OCCNC(=O)C(=O)Nc2cc([N+](=O)[O-])ccc2Cl)cc1. The molecule has 0 saturated carbocycles. The molecule has 0 saturated heterocycles. The predicted molar refractivity (Wildman–Crippen MR) is 98.2 cm³/mol. The molecule has 9 nitrogen and oxygen atoms in total. The molecule has 2 rings (SSSR count). The van der Waals surface area contributed by atoms with Crippen molar-refractivity contribution in [2.45, 2.75) is 0 Å². The van der Waals surface area contributed by atoms with Crippen LogP contribution in [-0.2, 0) is 9.59 Å². The van der Waals surface area contributed by atoms with Crippen molar-refractivity contribution in [2.24, 2.45) is 0 Å². The summed E-state index contributed by atoms with van der Waals surface area (Å²) in [6.45, 7) is 0.226. The third-order valence-electron chi connectivity index (χ3n) is 3.33. The lowest BCUT2D eigenvalue weighted by molar-refractivity contribution is -0.384. The smallest absolute Gasteiger partial charge is 0.313 e.